The minimum absolute atomic E-state index is 0.127. The number of benzene rings is 1. The fraction of sp³-hybridized carbons (Fsp3) is 0.550. The quantitative estimate of drug-likeness (QED) is 0.472. The normalized spacial score (nSPS) is 18.8. The standard InChI is InChI=1S/C20H28N2O2/c1-20(2)14-22-17-12-16(8-9-19(17)24-20)18(23)13-21-11-10-15-6-4-3-5-7-15/h6,8-9,12,21-22H,3-5,7,10-11,13-14H2,1-2H3. The van der Waals surface area contributed by atoms with Crippen molar-refractivity contribution in [1.29, 1.82) is 0 Å². The van der Waals surface area contributed by atoms with Crippen LogP contribution >= 0.6 is 0 Å². The highest BCUT2D eigenvalue weighted by molar-refractivity contribution is 5.98. The summed E-state index contributed by atoms with van der Waals surface area (Å²) in [4.78, 5) is 12.4. The van der Waals surface area contributed by atoms with Crippen LogP contribution in [0.2, 0.25) is 0 Å². The molecular formula is C20H28N2O2. The highest BCUT2D eigenvalue weighted by Gasteiger charge is 2.26. The summed E-state index contributed by atoms with van der Waals surface area (Å²) < 4.78 is 5.92. The topological polar surface area (TPSA) is 50.4 Å². The molecule has 0 unspecified atom stereocenters. The zero-order chi connectivity index (χ0) is 17.0. The monoisotopic (exact) mass is 328 g/mol. The summed E-state index contributed by atoms with van der Waals surface area (Å²) in [5, 5.41) is 6.64. The maximum Gasteiger partial charge on any atom is 0.176 e. The lowest BCUT2D eigenvalue weighted by molar-refractivity contribution is 0.0991. The first-order valence-corrected chi connectivity index (χ1v) is 9.02. The van der Waals surface area contributed by atoms with Crippen LogP contribution in [0.1, 0.15) is 56.3 Å². The van der Waals surface area contributed by atoms with E-state index in [4.69, 9.17) is 4.74 Å². The minimum atomic E-state index is -0.214. The van der Waals surface area contributed by atoms with Crippen LogP contribution in [-0.2, 0) is 0 Å². The maximum absolute atomic E-state index is 12.4. The molecule has 0 spiro atoms. The van der Waals surface area contributed by atoms with Crippen molar-refractivity contribution in [2.75, 3.05) is 25.0 Å². The van der Waals surface area contributed by atoms with E-state index in [9.17, 15) is 4.79 Å². The van der Waals surface area contributed by atoms with Crippen LogP contribution in [0.5, 0.6) is 5.75 Å². The van der Waals surface area contributed by atoms with Gasteiger partial charge in [-0.05, 0) is 70.7 Å². The van der Waals surface area contributed by atoms with Gasteiger partial charge in [0.05, 0.1) is 18.8 Å². The fourth-order valence-electron chi connectivity index (χ4n) is 3.26. The summed E-state index contributed by atoms with van der Waals surface area (Å²) in [5.41, 5.74) is 2.97. The van der Waals surface area contributed by atoms with Gasteiger partial charge in [0, 0.05) is 5.56 Å². The summed E-state index contributed by atoms with van der Waals surface area (Å²) in [6.45, 7) is 6.10. The van der Waals surface area contributed by atoms with Crippen LogP contribution in [0.3, 0.4) is 0 Å². The second-order valence-electron chi connectivity index (χ2n) is 7.38. The van der Waals surface area contributed by atoms with Gasteiger partial charge in [0.25, 0.3) is 0 Å². The Morgan fingerprint density at radius 1 is 1.33 bits per heavy atom. The van der Waals surface area contributed by atoms with Crippen molar-refractivity contribution in [1.82, 2.24) is 5.32 Å². The number of nitrogens with one attached hydrogen (secondary N) is 2. The van der Waals surface area contributed by atoms with E-state index in [2.05, 4.69) is 16.7 Å². The Balaban J connectivity index is 1.49. The maximum atomic E-state index is 12.4. The number of rotatable bonds is 6. The van der Waals surface area contributed by atoms with Gasteiger partial charge in [-0.2, -0.15) is 0 Å². The largest absolute Gasteiger partial charge is 0.484 e. The molecule has 1 heterocycles. The van der Waals surface area contributed by atoms with Crippen molar-refractivity contribution in [3.05, 3.63) is 35.4 Å². The molecule has 1 aliphatic heterocycles. The van der Waals surface area contributed by atoms with E-state index in [1.54, 1.807) is 5.57 Å². The van der Waals surface area contributed by atoms with E-state index in [1.165, 1.54) is 25.7 Å². The minimum Gasteiger partial charge on any atom is -0.484 e. The first-order chi connectivity index (χ1) is 11.5. The predicted octanol–water partition coefficient (Wildman–Crippen LogP) is 3.93. The van der Waals surface area contributed by atoms with Gasteiger partial charge in [0.1, 0.15) is 11.4 Å². The SMILES string of the molecule is CC1(C)CNc2cc(C(=O)CNCCC3=CCCCC3)ccc2O1. The number of fused-ring (bicyclic) bond motifs is 1. The lowest BCUT2D eigenvalue weighted by atomic mass is 9.97. The number of hydrogen-bond donors (Lipinski definition) is 2. The molecule has 2 aliphatic rings. The van der Waals surface area contributed by atoms with Crippen LogP contribution in [0.4, 0.5) is 5.69 Å². The average molecular weight is 328 g/mol. The molecular weight excluding hydrogens is 300 g/mol. The number of hydrogen-bond acceptors (Lipinski definition) is 4. The molecule has 0 saturated heterocycles. The van der Waals surface area contributed by atoms with Gasteiger partial charge >= 0.3 is 0 Å². The predicted molar refractivity (Wildman–Crippen MR) is 98.0 cm³/mol. The molecule has 0 radical (unpaired) electrons. The molecule has 4 heteroatoms. The fourth-order valence-corrected chi connectivity index (χ4v) is 3.26. The lowest BCUT2D eigenvalue weighted by Crippen LogP contribution is -2.40. The molecule has 130 valence electrons. The second-order valence-corrected chi connectivity index (χ2v) is 7.38. The summed E-state index contributed by atoms with van der Waals surface area (Å²) >= 11 is 0. The molecule has 0 aromatic heterocycles. The molecule has 1 aromatic rings. The average Bonchev–Trinajstić information content (AvgIpc) is 2.58. The van der Waals surface area contributed by atoms with Crippen LogP contribution in [0.15, 0.2) is 29.8 Å². The number of carbonyl (C=O) groups is 1. The number of anilines is 1. The number of allylic oxidation sites excluding steroid dienone is 1. The Labute approximate surface area is 144 Å². The van der Waals surface area contributed by atoms with Gasteiger partial charge in [-0.3, -0.25) is 4.79 Å². The molecule has 0 fully saturated rings. The van der Waals surface area contributed by atoms with E-state index in [-0.39, 0.29) is 11.4 Å². The Hall–Kier alpha value is -1.81. The first kappa shape index (κ1) is 17.0. The van der Waals surface area contributed by atoms with Crippen molar-refractivity contribution in [3.63, 3.8) is 0 Å². The van der Waals surface area contributed by atoms with Gasteiger partial charge in [-0.1, -0.05) is 11.6 Å². The van der Waals surface area contributed by atoms with Gasteiger partial charge in [-0.15, -0.1) is 0 Å². The Bertz CT molecular complexity index is 635. The van der Waals surface area contributed by atoms with Crippen molar-refractivity contribution in [2.24, 2.45) is 0 Å². The van der Waals surface area contributed by atoms with E-state index in [0.717, 1.165) is 36.5 Å². The molecule has 0 bridgehead atoms. The molecule has 4 nitrogen and oxygen atoms in total. The summed E-state index contributed by atoms with van der Waals surface area (Å²) in [6.07, 6.45) is 8.50. The van der Waals surface area contributed by atoms with E-state index < -0.39 is 0 Å². The van der Waals surface area contributed by atoms with Crippen molar-refractivity contribution in [2.45, 2.75) is 51.6 Å². The van der Waals surface area contributed by atoms with Crippen molar-refractivity contribution >= 4 is 11.5 Å². The first-order valence-electron chi connectivity index (χ1n) is 9.02. The Morgan fingerprint density at radius 2 is 2.21 bits per heavy atom. The Morgan fingerprint density at radius 3 is 3.00 bits per heavy atom. The molecule has 0 amide bonds. The highest BCUT2D eigenvalue weighted by Crippen LogP contribution is 2.33. The third kappa shape index (κ3) is 4.38. The third-order valence-electron chi connectivity index (χ3n) is 4.69. The van der Waals surface area contributed by atoms with E-state index in [1.807, 2.05) is 32.0 Å². The number of Topliss-reactive ketones (excluding diaryl/α,β-unsaturated/α-hetero) is 1. The smallest absolute Gasteiger partial charge is 0.176 e. The second kappa shape index (κ2) is 7.39. The van der Waals surface area contributed by atoms with Gasteiger partial charge < -0.3 is 15.4 Å². The molecule has 24 heavy (non-hydrogen) atoms. The Kier molecular flexibility index (Phi) is 5.24. The molecule has 3 rings (SSSR count). The summed E-state index contributed by atoms with van der Waals surface area (Å²) in [5.74, 6) is 0.946. The number of carbonyl (C=O) groups excluding carboxylic acids is 1. The van der Waals surface area contributed by atoms with Crippen molar-refractivity contribution < 1.29 is 9.53 Å². The van der Waals surface area contributed by atoms with Gasteiger partial charge in [0.2, 0.25) is 0 Å². The number of ether oxygens (including phenoxy) is 1. The van der Waals surface area contributed by atoms with Crippen molar-refractivity contribution in [3.8, 4) is 5.75 Å². The van der Waals surface area contributed by atoms with E-state index >= 15 is 0 Å². The van der Waals surface area contributed by atoms with Crippen LogP contribution in [0, 0.1) is 0 Å². The molecule has 0 saturated carbocycles. The van der Waals surface area contributed by atoms with Crippen LogP contribution in [0.25, 0.3) is 0 Å². The van der Waals surface area contributed by atoms with Gasteiger partial charge in [-0.25, -0.2) is 0 Å². The highest BCUT2D eigenvalue weighted by atomic mass is 16.5. The van der Waals surface area contributed by atoms with Crippen LogP contribution in [-0.4, -0.2) is 31.0 Å². The lowest BCUT2D eigenvalue weighted by Gasteiger charge is -2.33. The third-order valence-corrected chi connectivity index (χ3v) is 4.69. The molecule has 1 aromatic carbocycles. The summed E-state index contributed by atoms with van der Waals surface area (Å²) in [6, 6.07) is 5.65. The molecule has 1 aliphatic carbocycles. The van der Waals surface area contributed by atoms with E-state index in [0.29, 0.717) is 6.54 Å². The zero-order valence-electron chi connectivity index (χ0n) is 14.8. The number of ketones is 1. The van der Waals surface area contributed by atoms with Crippen LogP contribution < -0.4 is 15.4 Å². The molecule has 2 N–H and O–H groups in total. The zero-order valence-corrected chi connectivity index (χ0v) is 14.8. The summed E-state index contributed by atoms with van der Waals surface area (Å²) in [7, 11) is 0. The molecule has 0 atom stereocenters. The van der Waals surface area contributed by atoms with Gasteiger partial charge in [0.15, 0.2) is 5.78 Å².